The number of piperidine rings is 2. The molecule has 1 saturated carbocycles. The molecule has 4 rings (SSSR count). The van der Waals surface area contributed by atoms with Crippen LogP contribution in [0.1, 0.15) is 114 Å². The Kier molecular flexibility index (Phi) is 11.6. The van der Waals surface area contributed by atoms with Crippen molar-refractivity contribution < 1.29 is 34.1 Å². The summed E-state index contributed by atoms with van der Waals surface area (Å²) in [4.78, 5) is 44.3. The zero-order valence-corrected chi connectivity index (χ0v) is 29.5. The molecule has 2 aliphatic heterocycles. The molecule has 0 radical (unpaired) electrons. The van der Waals surface area contributed by atoms with Crippen LogP contribution in [0.15, 0.2) is 6.07 Å². The monoisotopic (exact) mass is 659 g/mol. The molecular weight excluding hydrogens is 606 g/mol. The first kappa shape index (κ1) is 35.9. The number of amides is 2. The van der Waals surface area contributed by atoms with Gasteiger partial charge in [0, 0.05) is 37.0 Å². The number of likely N-dealkylation sites (tertiary alicyclic amines) is 2. The number of carbonyl (C=O) groups excluding carboxylic acids is 2. The van der Waals surface area contributed by atoms with Crippen LogP contribution in [0.5, 0.6) is 0 Å². The molecule has 3 heterocycles. The fourth-order valence-electron chi connectivity index (χ4n) is 6.47. The Bertz CT molecular complexity index is 1290. The Morgan fingerprint density at radius 3 is 2.20 bits per heavy atom. The van der Waals surface area contributed by atoms with Crippen LogP contribution in [0.3, 0.4) is 0 Å². The van der Waals surface area contributed by atoms with Crippen LogP contribution < -0.4 is 4.90 Å². The number of carboxylic acids is 1. The molecule has 1 aromatic rings. The van der Waals surface area contributed by atoms with Crippen molar-refractivity contribution in [2.75, 3.05) is 31.1 Å². The van der Waals surface area contributed by atoms with Gasteiger partial charge in [0.15, 0.2) is 0 Å². The summed E-state index contributed by atoms with van der Waals surface area (Å²) in [5, 5.41) is 22.1. The predicted octanol–water partition coefficient (Wildman–Crippen LogP) is 6.80. The number of aliphatic hydroxyl groups excluding tert-OH is 1. The average molecular weight is 660 g/mol. The van der Waals surface area contributed by atoms with Crippen LogP contribution in [0.25, 0.3) is 0 Å². The van der Waals surface area contributed by atoms with Gasteiger partial charge >= 0.3 is 18.2 Å². The Morgan fingerprint density at radius 2 is 1.61 bits per heavy atom. The fraction of sp³-hybridized carbons (Fsp3) is 0.743. The second-order valence-corrected chi connectivity index (χ2v) is 16.3. The number of nitrogens with zero attached hydrogens (tertiary/aromatic N) is 3. The molecule has 256 valence electrons. The molecule has 0 aromatic carbocycles. The number of hydrogen-bond acceptors (Lipinski definition) is 8. The molecule has 0 spiro atoms. The smallest absolute Gasteiger partial charge is 0.410 e. The van der Waals surface area contributed by atoms with Gasteiger partial charge in [-0.3, -0.25) is 0 Å². The third-order valence-corrected chi connectivity index (χ3v) is 9.95. The molecular formula is C35H53N3O7S. The van der Waals surface area contributed by atoms with Crippen molar-refractivity contribution in [3.63, 3.8) is 0 Å². The van der Waals surface area contributed by atoms with Crippen molar-refractivity contribution in [3.05, 3.63) is 15.8 Å². The van der Waals surface area contributed by atoms with Crippen LogP contribution in [-0.4, -0.2) is 88.3 Å². The SMILES string of the molecule is CC1CCC(C(O)N(c2cc(C#CC(C)(C)C)sc2C(=O)O)C2CCN(C(=O)O[C@@H]3CCCN(C(=O)OC(C)(C)C)C3)CC2)CC1. The largest absolute Gasteiger partial charge is 0.477 e. The summed E-state index contributed by atoms with van der Waals surface area (Å²) in [6.45, 7) is 15.4. The number of aliphatic hydroxyl groups is 1. The zero-order chi connectivity index (χ0) is 33.8. The van der Waals surface area contributed by atoms with Crippen molar-refractivity contribution in [1.29, 1.82) is 0 Å². The molecule has 10 nitrogen and oxygen atoms in total. The lowest BCUT2D eigenvalue weighted by Crippen LogP contribution is -2.53. The minimum absolute atomic E-state index is 0.0315. The third kappa shape index (κ3) is 9.77. The third-order valence-electron chi connectivity index (χ3n) is 8.93. The van der Waals surface area contributed by atoms with Gasteiger partial charge in [-0.2, -0.15) is 0 Å². The Hall–Kier alpha value is -2.97. The van der Waals surface area contributed by atoms with Gasteiger partial charge < -0.3 is 34.4 Å². The van der Waals surface area contributed by atoms with E-state index in [9.17, 15) is 24.6 Å². The summed E-state index contributed by atoms with van der Waals surface area (Å²) in [6, 6.07) is 1.66. The molecule has 2 saturated heterocycles. The number of carboxylic acid groups (broad SMARTS) is 1. The first-order valence-corrected chi connectivity index (χ1v) is 17.6. The summed E-state index contributed by atoms with van der Waals surface area (Å²) in [7, 11) is 0. The normalized spacial score (nSPS) is 23.6. The van der Waals surface area contributed by atoms with E-state index < -0.39 is 36.1 Å². The van der Waals surface area contributed by atoms with Crippen LogP contribution >= 0.6 is 11.3 Å². The number of thiophene rings is 1. The Balaban J connectivity index is 1.48. The highest BCUT2D eigenvalue weighted by Gasteiger charge is 2.39. The summed E-state index contributed by atoms with van der Waals surface area (Å²) < 4.78 is 11.4. The molecule has 2 atom stereocenters. The van der Waals surface area contributed by atoms with Crippen molar-refractivity contribution in [1.82, 2.24) is 9.80 Å². The van der Waals surface area contributed by atoms with Gasteiger partial charge in [-0.1, -0.05) is 31.6 Å². The molecule has 11 heteroatoms. The first-order chi connectivity index (χ1) is 21.5. The van der Waals surface area contributed by atoms with E-state index in [2.05, 4.69) is 18.8 Å². The molecule has 1 aliphatic carbocycles. The second kappa shape index (κ2) is 14.8. The maximum absolute atomic E-state index is 13.2. The first-order valence-electron chi connectivity index (χ1n) is 16.8. The van der Waals surface area contributed by atoms with Gasteiger partial charge in [0.2, 0.25) is 0 Å². The molecule has 3 aliphatic rings. The minimum atomic E-state index is -1.04. The standard InChI is InChI=1S/C35H53N3O7S/c1-23-10-12-24(13-11-23)30(39)38(28-21-27(14-17-34(2,3)4)46-29(28)31(40)41)25-15-19-36(20-16-25)32(42)44-26-9-8-18-37(22-26)33(43)45-35(5,6)7/h21,23-26,30,39H,8-13,15-16,18-20,22H2,1-7H3,(H,40,41)/t23?,24?,26-,30?/m1/s1. The number of carbonyl (C=O) groups is 3. The molecule has 3 fully saturated rings. The van der Waals surface area contributed by atoms with E-state index >= 15 is 0 Å². The fourth-order valence-corrected chi connectivity index (χ4v) is 7.32. The number of aromatic carboxylic acids is 1. The molecule has 2 amide bonds. The second-order valence-electron chi connectivity index (χ2n) is 15.3. The predicted molar refractivity (Wildman–Crippen MR) is 179 cm³/mol. The zero-order valence-electron chi connectivity index (χ0n) is 28.6. The van der Waals surface area contributed by atoms with Crippen molar-refractivity contribution in [2.45, 2.75) is 124 Å². The molecule has 2 N–H and O–H groups in total. The van der Waals surface area contributed by atoms with E-state index in [4.69, 9.17) is 9.47 Å². The number of hydrogen-bond donors (Lipinski definition) is 2. The van der Waals surface area contributed by atoms with E-state index in [-0.39, 0.29) is 22.3 Å². The van der Waals surface area contributed by atoms with Gasteiger partial charge in [-0.15, -0.1) is 11.3 Å². The van der Waals surface area contributed by atoms with Crippen LogP contribution in [-0.2, 0) is 9.47 Å². The van der Waals surface area contributed by atoms with E-state index in [0.29, 0.717) is 61.9 Å². The van der Waals surface area contributed by atoms with E-state index in [1.165, 1.54) is 0 Å². The topological polar surface area (TPSA) is 120 Å². The Labute approximate surface area is 278 Å². The van der Waals surface area contributed by atoms with Gasteiger partial charge in [-0.05, 0) is 92.1 Å². The number of ether oxygens (including phenoxy) is 2. The van der Waals surface area contributed by atoms with Gasteiger partial charge in [0.05, 0.1) is 17.1 Å². The van der Waals surface area contributed by atoms with Crippen molar-refractivity contribution >= 4 is 35.2 Å². The number of rotatable bonds is 6. The molecule has 1 unspecified atom stereocenters. The van der Waals surface area contributed by atoms with Crippen LogP contribution in [0.2, 0.25) is 0 Å². The number of anilines is 1. The maximum atomic E-state index is 13.2. The lowest BCUT2D eigenvalue weighted by molar-refractivity contribution is -0.00894. The van der Waals surface area contributed by atoms with E-state index in [0.717, 1.165) is 43.4 Å². The highest BCUT2D eigenvalue weighted by molar-refractivity contribution is 7.15. The quantitative estimate of drug-likeness (QED) is 0.253. The highest BCUT2D eigenvalue weighted by Crippen LogP contribution is 2.39. The summed E-state index contributed by atoms with van der Waals surface area (Å²) >= 11 is 1.15. The summed E-state index contributed by atoms with van der Waals surface area (Å²) in [6.07, 6.45) is 4.29. The minimum Gasteiger partial charge on any atom is -0.477 e. The molecule has 0 bridgehead atoms. The average Bonchev–Trinajstić information content (AvgIpc) is 3.40. The molecule has 1 aromatic heterocycles. The van der Waals surface area contributed by atoms with Crippen molar-refractivity contribution in [3.8, 4) is 11.8 Å². The van der Waals surface area contributed by atoms with Gasteiger partial charge in [0.1, 0.15) is 22.8 Å². The molecule has 46 heavy (non-hydrogen) atoms. The van der Waals surface area contributed by atoms with E-state index in [1.807, 2.05) is 52.5 Å². The van der Waals surface area contributed by atoms with Gasteiger partial charge in [0.25, 0.3) is 0 Å². The van der Waals surface area contributed by atoms with Crippen molar-refractivity contribution in [2.24, 2.45) is 17.3 Å². The van der Waals surface area contributed by atoms with E-state index in [1.54, 1.807) is 9.80 Å². The maximum Gasteiger partial charge on any atom is 0.410 e. The lowest BCUT2D eigenvalue weighted by Gasteiger charge is -2.45. The lowest BCUT2D eigenvalue weighted by atomic mass is 9.81. The summed E-state index contributed by atoms with van der Waals surface area (Å²) in [5.41, 5.74) is -0.330. The van der Waals surface area contributed by atoms with Gasteiger partial charge in [-0.25, -0.2) is 14.4 Å². The van der Waals surface area contributed by atoms with Crippen LogP contribution in [0.4, 0.5) is 15.3 Å². The summed E-state index contributed by atoms with van der Waals surface area (Å²) in [5.74, 6) is 5.97. The van der Waals surface area contributed by atoms with Crippen LogP contribution in [0, 0.1) is 29.1 Å². The Morgan fingerprint density at radius 1 is 0.957 bits per heavy atom. The highest BCUT2D eigenvalue weighted by atomic mass is 32.1.